The van der Waals surface area contributed by atoms with E-state index in [1.54, 1.807) is 5.38 Å². The summed E-state index contributed by atoms with van der Waals surface area (Å²) in [4.78, 5) is 16.2. The lowest BCUT2D eigenvalue weighted by molar-refractivity contribution is 0.102. The Hall–Kier alpha value is -1.92. The second-order valence-corrected chi connectivity index (χ2v) is 6.01. The molecule has 6 heteroatoms. The zero-order chi connectivity index (χ0) is 14.7. The fourth-order valence-electron chi connectivity index (χ4n) is 1.84. The number of nitrogens with zero attached hydrogens (tertiary/aromatic N) is 1. The maximum Gasteiger partial charge on any atom is 0.275 e. The molecule has 1 fully saturated rings. The zero-order valence-electron chi connectivity index (χ0n) is 11.5. The monoisotopic (exact) mass is 303 g/mol. The van der Waals surface area contributed by atoms with Crippen LogP contribution >= 0.6 is 11.3 Å². The van der Waals surface area contributed by atoms with E-state index >= 15 is 0 Å². The third-order valence-corrected chi connectivity index (χ3v) is 4.12. The van der Waals surface area contributed by atoms with E-state index in [9.17, 15) is 4.79 Å². The molecule has 5 nitrogen and oxygen atoms in total. The van der Waals surface area contributed by atoms with Crippen LogP contribution in [0.1, 0.15) is 28.3 Å². The molecule has 1 aromatic carbocycles. The number of thiazole rings is 1. The number of nitrogens with one attached hydrogen (secondary N) is 1. The van der Waals surface area contributed by atoms with Crippen LogP contribution in [0, 0.1) is 5.92 Å². The first kappa shape index (κ1) is 14.0. The third-order valence-electron chi connectivity index (χ3n) is 3.25. The molecule has 1 aromatic heterocycles. The van der Waals surface area contributed by atoms with E-state index in [2.05, 4.69) is 10.3 Å². The zero-order valence-corrected chi connectivity index (χ0v) is 12.4. The minimum atomic E-state index is -0.224. The van der Waals surface area contributed by atoms with Crippen LogP contribution < -0.4 is 15.8 Å². The van der Waals surface area contributed by atoms with Crippen LogP contribution in [0.5, 0.6) is 5.75 Å². The average Bonchev–Trinajstić information content (AvgIpc) is 3.21. The quantitative estimate of drug-likeness (QED) is 0.860. The Kier molecular flexibility index (Phi) is 4.17. The largest absolute Gasteiger partial charge is 0.493 e. The van der Waals surface area contributed by atoms with Gasteiger partial charge in [-0.05, 0) is 43.0 Å². The Morgan fingerprint density at radius 1 is 1.38 bits per heavy atom. The van der Waals surface area contributed by atoms with Crippen LogP contribution in [0.4, 0.5) is 5.69 Å². The standard InChI is InChI=1S/C15H17N3O2S/c16-7-14-18-13(9-21-14)15(19)17-11-3-5-12(6-4-11)20-8-10-1-2-10/h3-6,9-10H,1-2,7-8,16H2,(H,17,19). The summed E-state index contributed by atoms with van der Waals surface area (Å²) in [6.07, 6.45) is 2.54. The molecule has 0 radical (unpaired) electrons. The first-order chi connectivity index (χ1) is 10.2. The SMILES string of the molecule is NCc1nc(C(=O)Nc2ccc(OCC3CC3)cc2)cs1. The van der Waals surface area contributed by atoms with Crippen LogP contribution in [0.3, 0.4) is 0 Å². The molecule has 110 valence electrons. The lowest BCUT2D eigenvalue weighted by Gasteiger charge is -2.07. The molecule has 1 heterocycles. The smallest absolute Gasteiger partial charge is 0.275 e. The molecule has 0 aliphatic heterocycles. The highest BCUT2D eigenvalue weighted by Gasteiger charge is 2.21. The maximum absolute atomic E-state index is 12.0. The van der Waals surface area contributed by atoms with E-state index < -0.39 is 0 Å². The van der Waals surface area contributed by atoms with Crippen molar-refractivity contribution in [3.05, 3.63) is 40.3 Å². The number of hydrogen-bond donors (Lipinski definition) is 2. The van der Waals surface area contributed by atoms with E-state index in [0.717, 1.165) is 29.0 Å². The molecule has 0 spiro atoms. The van der Waals surface area contributed by atoms with E-state index in [1.165, 1.54) is 24.2 Å². The van der Waals surface area contributed by atoms with Gasteiger partial charge in [-0.2, -0.15) is 0 Å². The molecule has 21 heavy (non-hydrogen) atoms. The molecular formula is C15H17N3O2S. The normalized spacial score (nSPS) is 14.0. The second kappa shape index (κ2) is 6.24. The molecule has 0 saturated heterocycles. The van der Waals surface area contributed by atoms with E-state index in [1.807, 2.05) is 24.3 Å². The van der Waals surface area contributed by atoms with Crippen molar-refractivity contribution in [2.24, 2.45) is 11.7 Å². The number of anilines is 1. The van der Waals surface area contributed by atoms with Crippen molar-refractivity contribution in [3.63, 3.8) is 0 Å². The number of nitrogens with two attached hydrogens (primary N) is 1. The summed E-state index contributed by atoms with van der Waals surface area (Å²) in [5.74, 6) is 1.34. The molecule has 1 saturated carbocycles. The number of carbonyl (C=O) groups excluding carboxylic acids is 1. The topological polar surface area (TPSA) is 77.2 Å². The minimum absolute atomic E-state index is 0.224. The fraction of sp³-hybridized carbons (Fsp3) is 0.333. The predicted molar refractivity (Wildman–Crippen MR) is 82.6 cm³/mol. The fourth-order valence-corrected chi connectivity index (χ4v) is 2.49. The Morgan fingerprint density at radius 2 is 2.14 bits per heavy atom. The molecule has 3 N–H and O–H groups in total. The van der Waals surface area contributed by atoms with Gasteiger partial charge in [0.15, 0.2) is 0 Å². The van der Waals surface area contributed by atoms with Crippen molar-refractivity contribution in [3.8, 4) is 5.75 Å². The van der Waals surface area contributed by atoms with Crippen LogP contribution in [0.2, 0.25) is 0 Å². The summed E-state index contributed by atoms with van der Waals surface area (Å²) in [5, 5.41) is 5.28. The lowest BCUT2D eigenvalue weighted by Crippen LogP contribution is -2.12. The van der Waals surface area contributed by atoms with Crippen molar-refractivity contribution < 1.29 is 9.53 Å². The average molecular weight is 303 g/mol. The van der Waals surface area contributed by atoms with Gasteiger partial charge in [0, 0.05) is 17.6 Å². The number of ether oxygens (including phenoxy) is 1. The number of carbonyl (C=O) groups is 1. The first-order valence-electron chi connectivity index (χ1n) is 6.93. The van der Waals surface area contributed by atoms with Crippen molar-refractivity contribution in [1.29, 1.82) is 0 Å². The van der Waals surface area contributed by atoms with Gasteiger partial charge in [-0.25, -0.2) is 4.98 Å². The number of rotatable bonds is 6. The van der Waals surface area contributed by atoms with Gasteiger partial charge in [0.1, 0.15) is 16.5 Å². The van der Waals surface area contributed by atoms with Gasteiger partial charge >= 0.3 is 0 Å². The van der Waals surface area contributed by atoms with Gasteiger partial charge < -0.3 is 15.8 Å². The van der Waals surface area contributed by atoms with E-state index in [-0.39, 0.29) is 5.91 Å². The molecule has 0 bridgehead atoms. The van der Waals surface area contributed by atoms with Crippen LogP contribution in [-0.4, -0.2) is 17.5 Å². The number of aromatic nitrogens is 1. The van der Waals surface area contributed by atoms with Crippen molar-refractivity contribution in [2.75, 3.05) is 11.9 Å². The summed E-state index contributed by atoms with van der Waals surface area (Å²) < 4.78 is 5.66. The van der Waals surface area contributed by atoms with Crippen LogP contribution in [0.15, 0.2) is 29.6 Å². The summed E-state index contributed by atoms with van der Waals surface area (Å²) in [7, 11) is 0. The molecule has 1 amide bonds. The summed E-state index contributed by atoms with van der Waals surface area (Å²) in [5.41, 5.74) is 6.61. The molecular weight excluding hydrogens is 286 g/mol. The van der Waals surface area contributed by atoms with Crippen molar-refractivity contribution in [1.82, 2.24) is 4.98 Å². The lowest BCUT2D eigenvalue weighted by atomic mass is 10.3. The van der Waals surface area contributed by atoms with Gasteiger partial charge in [0.25, 0.3) is 5.91 Å². The Bertz CT molecular complexity index is 620. The summed E-state index contributed by atoms with van der Waals surface area (Å²) >= 11 is 1.39. The van der Waals surface area contributed by atoms with Gasteiger partial charge in [-0.3, -0.25) is 4.79 Å². The highest BCUT2D eigenvalue weighted by molar-refractivity contribution is 7.09. The van der Waals surface area contributed by atoms with E-state index in [4.69, 9.17) is 10.5 Å². The number of benzene rings is 1. The van der Waals surface area contributed by atoms with Gasteiger partial charge in [0.05, 0.1) is 6.61 Å². The highest BCUT2D eigenvalue weighted by Crippen LogP contribution is 2.29. The molecule has 2 aromatic rings. The summed E-state index contributed by atoms with van der Waals surface area (Å²) in [6.45, 7) is 1.14. The number of amides is 1. The van der Waals surface area contributed by atoms with Gasteiger partial charge in [0.2, 0.25) is 0 Å². The highest BCUT2D eigenvalue weighted by atomic mass is 32.1. The van der Waals surface area contributed by atoms with E-state index in [0.29, 0.717) is 12.2 Å². The molecule has 1 aliphatic carbocycles. The minimum Gasteiger partial charge on any atom is -0.493 e. The van der Waals surface area contributed by atoms with Crippen LogP contribution in [0.25, 0.3) is 0 Å². The maximum atomic E-state index is 12.0. The molecule has 0 unspecified atom stereocenters. The Labute approximate surface area is 127 Å². The molecule has 0 atom stereocenters. The van der Waals surface area contributed by atoms with Gasteiger partial charge in [-0.15, -0.1) is 11.3 Å². The predicted octanol–water partition coefficient (Wildman–Crippen LogP) is 2.64. The van der Waals surface area contributed by atoms with Crippen molar-refractivity contribution in [2.45, 2.75) is 19.4 Å². The third kappa shape index (κ3) is 3.80. The van der Waals surface area contributed by atoms with Gasteiger partial charge in [-0.1, -0.05) is 0 Å². The first-order valence-corrected chi connectivity index (χ1v) is 7.81. The Balaban J connectivity index is 1.57. The Morgan fingerprint density at radius 3 is 2.76 bits per heavy atom. The van der Waals surface area contributed by atoms with Crippen molar-refractivity contribution >= 4 is 22.9 Å². The van der Waals surface area contributed by atoms with Crippen LogP contribution in [-0.2, 0) is 6.54 Å². The molecule has 3 rings (SSSR count). The molecule has 1 aliphatic rings. The second-order valence-electron chi connectivity index (χ2n) is 5.06. The summed E-state index contributed by atoms with van der Waals surface area (Å²) in [6, 6.07) is 7.39. The number of hydrogen-bond acceptors (Lipinski definition) is 5.